The molecule has 0 saturated heterocycles. The minimum absolute atomic E-state index is 0.978. The quantitative estimate of drug-likeness (QED) is 0.196. The van der Waals surface area contributed by atoms with Crippen molar-refractivity contribution in [2.45, 2.75) is 6.92 Å². The predicted octanol–water partition coefficient (Wildman–Crippen LogP) is 8.53. The van der Waals surface area contributed by atoms with Crippen molar-refractivity contribution in [3.63, 3.8) is 0 Å². The van der Waals surface area contributed by atoms with Crippen LogP contribution in [0.2, 0.25) is 0 Å². The molecule has 0 unspecified atom stereocenters. The van der Waals surface area contributed by atoms with Gasteiger partial charge < -0.3 is 0 Å². The molecule has 0 atom stereocenters. The third kappa shape index (κ3) is 3.91. The minimum atomic E-state index is 0.978. The third-order valence-electron chi connectivity index (χ3n) is 7.63. The zero-order valence-corrected chi connectivity index (χ0v) is 21.5. The molecule has 12 aliphatic heterocycles. The number of hydrogen-bond acceptors (Lipinski definition) is 1. The Morgan fingerprint density at radius 3 is 1.58 bits per heavy atom. The van der Waals surface area contributed by atoms with Gasteiger partial charge in [-0.2, -0.15) is 0 Å². The van der Waals surface area contributed by atoms with E-state index in [1.807, 2.05) is 0 Å². The summed E-state index contributed by atoms with van der Waals surface area (Å²) in [4.78, 5) is 5.00. The molecule has 4 aromatic carbocycles. The van der Waals surface area contributed by atoms with Crippen molar-refractivity contribution in [1.82, 2.24) is 4.98 Å². The summed E-state index contributed by atoms with van der Waals surface area (Å²) in [7, 11) is 2.11. The molecule has 0 fully saturated rings. The molecule has 0 N–H and O–H groups in total. The molecule has 180 valence electrons. The molecule has 2 nitrogen and oxygen atoms in total. The first-order valence-corrected chi connectivity index (χ1v) is 13.0. The van der Waals surface area contributed by atoms with Crippen LogP contribution in [0.3, 0.4) is 0 Å². The van der Waals surface area contributed by atoms with Crippen LogP contribution in [0, 0.1) is 6.92 Å². The summed E-state index contributed by atoms with van der Waals surface area (Å²) in [6.07, 6.45) is 2.21. The highest BCUT2D eigenvalue weighted by molar-refractivity contribution is 5.77. The van der Waals surface area contributed by atoms with E-state index < -0.39 is 0 Å². The molecule has 0 radical (unpaired) electrons. The van der Waals surface area contributed by atoms with Crippen molar-refractivity contribution in [3.05, 3.63) is 133 Å². The van der Waals surface area contributed by atoms with E-state index >= 15 is 0 Å². The number of nitrogens with zero attached hydrogens (tertiary/aromatic N) is 2. The lowest BCUT2D eigenvalue weighted by Gasteiger charge is -2.11. The summed E-state index contributed by atoms with van der Waals surface area (Å²) < 4.78 is 2.21. The molecule has 12 aliphatic rings. The SMILES string of the molecule is Cc1cc2ccc1-c1ccc(cc1)-c1ccc([n+](C)c1)-c1ccc(cc1)-c1cccc(n1)-c1ccc-2cc1. The summed E-state index contributed by atoms with van der Waals surface area (Å²) in [5.41, 5.74) is 15.2. The van der Waals surface area contributed by atoms with E-state index in [0.29, 0.717) is 0 Å². The summed E-state index contributed by atoms with van der Waals surface area (Å²) in [5, 5.41) is 0. The molecule has 14 heterocycles. The van der Waals surface area contributed by atoms with Crippen molar-refractivity contribution < 1.29 is 4.57 Å². The van der Waals surface area contributed by atoms with E-state index in [-0.39, 0.29) is 0 Å². The van der Waals surface area contributed by atoms with Gasteiger partial charge in [0, 0.05) is 28.3 Å². The highest BCUT2D eigenvalue weighted by atomic mass is 14.9. The van der Waals surface area contributed by atoms with Crippen LogP contribution in [0.4, 0.5) is 0 Å². The first kappa shape index (κ1) is 22.4. The summed E-state index contributed by atoms with van der Waals surface area (Å²) in [6.45, 7) is 2.20. The van der Waals surface area contributed by atoms with Gasteiger partial charge >= 0.3 is 0 Å². The van der Waals surface area contributed by atoms with Crippen LogP contribution in [0.25, 0.3) is 67.2 Å². The zero-order chi connectivity index (χ0) is 25.6. The lowest BCUT2D eigenvalue weighted by atomic mass is 9.94. The van der Waals surface area contributed by atoms with Crippen molar-refractivity contribution in [1.29, 1.82) is 0 Å². The number of aryl methyl sites for hydroxylation is 2. The van der Waals surface area contributed by atoms with Crippen LogP contribution in [0.1, 0.15) is 5.56 Å². The smallest absolute Gasteiger partial charge is 0.212 e. The zero-order valence-electron chi connectivity index (χ0n) is 21.5. The number of pyridine rings is 2. The Bertz CT molecular complexity index is 1800. The van der Waals surface area contributed by atoms with E-state index in [1.54, 1.807) is 0 Å². The summed E-state index contributed by atoms with van der Waals surface area (Å²) in [6, 6.07) is 43.8. The predicted molar refractivity (Wildman–Crippen MR) is 156 cm³/mol. The maximum atomic E-state index is 5.00. The van der Waals surface area contributed by atoms with Crippen LogP contribution >= 0.6 is 0 Å². The third-order valence-corrected chi connectivity index (χ3v) is 7.63. The molecule has 0 spiro atoms. The Kier molecular flexibility index (Phi) is 5.26. The van der Waals surface area contributed by atoms with Gasteiger partial charge in [0.1, 0.15) is 7.05 Å². The molecule has 0 saturated carbocycles. The van der Waals surface area contributed by atoms with E-state index in [2.05, 4.69) is 146 Å². The Labute approximate surface area is 223 Å². The average Bonchev–Trinajstić information content (AvgIpc) is 2.97. The van der Waals surface area contributed by atoms with Crippen molar-refractivity contribution in [2.75, 3.05) is 0 Å². The maximum Gasteiger partial charge on any atom is 0.212 e. The molecule has 38 heavy (non-hydrogen) atoms. The van der Waals surface area contributed by atoms with Crippen molar-refractivity contribution in [3.8, 4) is 67.2 Å². The van der Waals surface area contributed by atoms with Crippen LogP contribution in [-0.2, 0) is 7.05 Å². The van der Waals surface area contributed by atoms with Crippen LogP contribution < -0.4 is 4.57 Å². The van der Waals surface area contributed by atoms with E-state index in [9.17, 15) is 0 Å². The molecule has 12 bridgehead atoms. The Balaban J connectivity index is 1.41. The Morgan fingerprint density at radius 2 is 0.974 bits per heavy atom. The monoisotopic (exact) mass is 487 g/mol. The van der Waals surface area contributed by atoms with Gasteiger partial charge in [0.15, 0.2) is 6.20 Å². The van der Waals surface area contributed by atoms with Gasteiger partial charge in [-0.3, -0.25) is 0 Å². The molecular weight excluding hydrogens is 460 g/mol. The fourth-order valence-electron chi connectivity index (χ4n) is 5.49. The van der Waals surface area contributed by atoms with Gasteiger partial charge in [0.05, 0.1) is 11.4 Å². The second kappa shape index (κ2) is 8.93. The molecule has 0 amide bonds. The Morgan fingerprint density at radius 1 is 0.474 bits per heavy atom. The van der Waals surface area contributed by atoms with Crippen LogP contribution in [0.5, 0.6) is 0 Å². The largest absolute Gasteiger partial charge is 0.248 e. The van der Waals surface area contributed by atoms with E-state index in [1.165, 1.54) is 50.2 Å². The topological polar surface area (TPSA) is 16.8 Å². The average molecular weight is 488 g/mol. The molecule has 6 aromatic rings. The molecule has 2 aromatic heterocycles. The van der Waals surface area contributed by atoms with Crippen molar-refractivity contribution in [2.24, 2.45) is 7.05 Å². The fourth-order valence-corrected chi connectivity index (χ4v) is 5.49. The second-order valence-corrected chi connectivity index (χ2v) is 10.1. The first-order valence-electron chi connectivity index (χ1n) is 13.0. The lowest BCUT2D eigenvalue weighted by Crippen LogP contribution is -2.30. The first-order chi connectivity index (χ1) is 18.6. The number of hydrogen-bond donors (Lipinski definition) is 0. The number of rotatable bonds is 0. The molecule has 2 heteroatoms. The van der Waals surface area contributed by atoms with Gasteiger partial charge in [-0.1, -0.05) is 84.9 Å². The van der Waals surface area contributed by atoms with E-state index in [4.69, 9.17) is 4.98 Å². The van der Waals surface area contributed by atoms with Crippen LogP contribution in [0.15, 0.2) is 128 Å². The summed E-state index contributed by atoms with van der Waals surface area (Å²) >= 11 is 0. The Hall–Kier alpha value is -4.82. The van der Waals surface area contributed by atoms with Gasteiger partial charge in [0.25, 0.3) is 0 Å². The second-order valence-electron chi connectivity index (χ2n) is 10.1. The normalized spacial score (nSPS) is 11.4. The summed E-state index contributed by atoms with van der Waals surface area (Å²) in [5.74, 6) is 0. The van der Waals surface area contributed by atoms with E-state index in [0.717, 1.165) is 22.5 Å². The number of aromatic nitrogens is 2. The number of benzene rings is 4. The standard InChI is InChI=1S/C36H27N2/c1-24-22-31-18-20-33(24)27-10-6-26(7-11-27)32-19-21-36(38(2)23-32)30-16-14-29(15-17-30)35-5-3-4-34(37-35)28-12-8-25(31)9-13-28/h3-23H,1-2H3/q+1. The lowest BCUT2D eigenvalue weighted by molar-refractivity contribution is -0.659. The van der Waals surface area contributed by atoms with Gasteiger partial charge in [-0.05, 0) is 70.6 Å². The molecule has 0 aliphatic carbocycles. The van der Waals surface area contributed by atoms with Crippen molar-refractivity contribution >= 4 is 0 Å². The molecular formula is C36H27N2+. The highest BCUT2D eigenvalue weighted by Gasteiger charge is 2.14. The fraction of sp³-hybridized carbons (Fsp3) is 0.0556. The minimum Gasteiger partial charge on any atom is -0.248 e. The van der Waals surface area contributed by atoms with Crippen LogP contribution in [-0.4, -0.2) is 4.98 Å². The van der Waals surface area contributed by atoms with Gasteiger partial charge in [0.2, 0.25) is 5.69 Å². The molecule has 18 rings (SSSR count). The van der Waals surface area contributed by atoms with Gasteiger partial charge in [-0.25, -0.2) is 9.55 Å². The van der Waals surface area contributed by atoms with Gasteiger partial charge in [-0.15, -0.1) is 0 Å². The maximum absolute atomic E-state index is 5.00. The highest BCUT2D eigenvalue weighted by Crippen LogP contribution is 2.32.